The predicted molar refractivity (Wildman–Crippen MR) is 121 cm³/mol. The van der Waals surface area contributed by atoms with Crippen LogP contribution in [0.2, 0.25) is 0 Å². The van der Waals surface area contributed by atoms with Crippen molar-refractivity contribution in [2.75, 3.05) is 29.1 Å². The summed E-state index contributed by atoms with van der Waals surface area (Å²) in [5, 5.41) is 12.9. The van der Waals surface area contributed by atoms with Gasteiger partial charge in [-0.2, -0.15) is 5.26 Å². The van der Waals surface area contributed by atoms with E-state index in [9.17, 15) is 5.26 Å². The largest absolute Gasteiger partial charge is 0.487 e. The molecule has 0 radical (unpaired) electrons. The number of nitrogen functional groups attached to an aromatic ring is 1. The third kappa shape index (κ3) is 3.70. The van der Waals surface area contributed by atoms with Crippen LogP contribution in [0.4, 0.5) is 21.5 Å². The number of aromatic nitrogens is 1. The van der Waals surface area contributed by atoms with Crippen molar-refractivity contribution in [1.29, 1.82) is 5.26 Å². The van der Waals surface area contributed by atoms with Gasteiger partial charge in [0.15, 0.2) is 11.6 Å². The molecule has 1 aromatic carbocycles. The zero-order valence-corrected chi connectivity index (χ0v) is 17.8. The number of nitriles is 1. The van der Waals surface area contributed by atoms with Gasteiger partial charge in [-0.05, 0) is 37.8 Å². The van der Waals surface area contributed by atoms with Gasteiger partial charge < -0.3 is 20.7 Å². The molecule has 0 fully saturated rings. The molecular formula is C24H26FN5O. The maximum Gasteiger partial charge on any atom is 0.173 e. The first-order chi connectivity index (χ1) is 15.1. The number of allylic oxidation sites excluding steroid dienone is 3. The maximum atomic E-state index is 15.5. The fraction of sp³-hybridized carbons (Fsp3) is 0.333. The van der Waals surface area contributed by atoms with Crippen LogP contribution in [0.15, 0.2) is 42.4 Å². The first-order valence-electron chi connectivity index (χ1n) is 10.6. The second-order valence-corrected chi connectivity index (χ2v) is 7.79. The number of nitrogens with one attached hydrogen (secondary N) is 1. The lowest BCUT2D eigenvalue weighted by atomic mass is 9.89. The summed E-state index contributed by atoms with van der Waals surface area (Å²) in [6.45, 7) is 4.94. The Labute approximate surface area is 181 Å². The Kier molecular flexibility index (Phi) is 5.81. The number of ether oxygens (including phenoxy) is 1. The Morgan fingerprint density at radius 2 is 2.32 bits per heavy atom. The van der Waals surface area contributed by atoms with Crippen molar-refractivity contribution < 1.29 is 9.13 Å². The average Bonchev–Trinajstić information content (AvgIpc) is 2.79. The van der Waals surface area contributed by atoms with E-state index in [1.807, 2.05) is 49.4 Å². The van der Waals surface area contributed by atoms with Gasteiger partial charge in [-0.15, -0.1) is 0 Å². The number of benzene rings is 1. The van der Waals surface area contributed by atoms with Crippen LogP contribution in [-0.4, -0.2) is 24.2 Å². The first-order valence-corrected chi connectivity index (χ1v) is 10.6. The molecule has 31 heavy (non-hydrogen) atoms. The highest BCUT2D eigenvalue weighted by molar-refractivity contribution is 6.02. The van der Waals surface area contributed by atoms with E-state index in [2.05, 4.69) is 16.4 Å². The van der Waals surface area contributed by atoms with Crippen LogP contribution in [0, 0.1) is 17.1 Å². The summed E-state index contributed by atoms with van der Waals surface area (Å²) >= 11 is 0. The first kappa shape index (κ1) is 20.7. The Bertz CT molecular complexity index is 1090. The smallest absolute Gasteiger partial charge is 0.173 e. The number of nitrogens with two attached hydrogens (primary N) is 1. The predicted octanol–water partition coefficient (Wildman–Crippen LogP) is 4.65. The van der Waals surface area contributed by atoms with E-state index in [-0.39, 0.29) is 17.4 Å². The Morgan fingerprint density at radius 3 is 3.03 bits per heavy atom. The van der Waals surface area contributed by atoms with E-state index in [1.54, 1.807) is 6.20 Å². The molecule has 3 N–H and O–H groups in total. The van der Waals surface area contributed by atoms with E-state index in [4.69, 9.17) is 10.5 Å². The molecule has 0 saturated carbocycles. The van der Waals surface area contributed by atoms with Crippen molar-refractivity contribution >= 4 is 22.6 Å². The molecule has 1 unspecified atom stereocenters. The number of hydrogen-bond acceptors (Lipinski definition) is 6. The molecule has 160 valence electrons. The highest BCUT2D eigenvalue weighted by Gasteiger charge is 2.37. The number of nitrogens with zero attached hydrogens (tertiary/aromatic N) is 3. The van der Waals surface area contributed by atoms with Gasteiger partial charge >= 0.3 is 0 Å². The second kappa shape index (κ2) is 8.68. The van der Waals surface area contributed by atoms with Crippen LogP contribution in [0.25, 0.3) is 5.57 Å². The van der Waals surface area contributed by atoms with Gasteiger partial charge in [0.05, 0.1) is 23.0 Å². The molecule has 3 heterocycles. The molecule has 1 atom stereocenters. The summed E-state index contributed by atoms with van der Waals surface area (Å²) in [5.74, 6) is -0.0813. The van der Waals surface area contributed by atoms with Gasteiger partial charge in [0.25, 0.3) is 0 Å². The number of hydrogen-bond donors (Lipinski definition) is 2. The van der Waals surface area contributed by atoms with Crippen molar-refractivity contribution in [2.24, 2.45) is 0 Å². The Morgan fingerprint density at radius 1 is 1.48 bits per heavy atom. The lowest BCUT2D eigenvalue weighted by Crippen LogP contribution is -2.40. The van der Waals surface area contributed by atoms with Gasteiger partial charge in [-0.1, -0.05) is 19.1 Å². The van der Waals surface area contributed by atoms with Crippen molar-refractivity contribution in [2.45, 2.75) is 39.2 Å². The molecule has 0 amide bonds. The molecule has 0 aliphatic carbocycles. The molecule has 0 saturated heterocycles. The van der Waals surface area contributed by atoms with Crippen molar-refractivity contribution in [3.05, 3.63) is 59.3 Å². The van der Waals surface area contributed by atoms with Gasteiger partial charge in [-0.25, -0.2) is 4.39 Å². The third-order valence-corrected chi connectivity index (χ3v) is 5.63. The minimum absolute atomic E-state index is 0.000989. The summed E-state index contributed by atoms with van der Waals surface area (Å²) in [6, 6.07) is 6.17. The van der Waals surface area contributed by atoms with Crippen molar-refractivity contribution in [1.82, 2.24) is 4.98 Å². The number of rotatable bonds is 6. The van der Waals surface area contributed by atoms with Crippen LogP contribution >= 0.6 is 0 Å². The highest BCUT2D eigenvalue weighted by Crippen LogP contribution is 2.53. The quantitative estimate of drug-likeness (QED) is 0.524. The van der Waals surface area contributed by atoms with Gasteiger partial charge in [0, 0.05) is 36.3 Å². The van der Waals surface area contributed by atoms with Crippen LogP contribution < -0.4 is 20.7 Å². The number of pyridine rings is 1. The Balaban J connectivity index is 1.70. The molecule has 2 aliphatic rings. The van der Waals surface area contributed by atoms with E-state index in [0.29, 0.717) is 42.0 Å². The van der Waals surface area contributed by atoms with Crippen molar-refractivity contribution in [3.8, 4) is 11.8 Å². The summed E-state index contributed by atoms with van der Waals surface area (Å²) in [5.41, 5.74) is 10.2. The Hall–Kier alpha value is -3.53. The summed E-state index contributed by atoms with van der Waals surface area (Å²) in [6.07, 6.45) is 9.66. The molecule has 1 aromatic heterocycles. The minimum Gasteiger partial charge on any atom is -0.487 e. The van der Waals surface area contributed by atoms with E-state index in [0.717, 1.165) is 24.1 Å². The lowest BCUT2D eigenvalue weighted by molar-refractivity contribution is 0.277. The molecular weight excluding hydrogens is 393 g/mol. The molecule has 0 spiro atoms. The van der Waals surface area contributed by atoms with E-state index in [1.165, 1.54) is 0 Å². The number of aryl methyl sites for hydroxylation is 1. The van der Waals surface area contributed by atoms with Crippen LogP contribution in [0.1, 0.15) is 37.8 Å². The van der Waals surface area contributed by atoms with Gasteiger partial charge in [-0.3, -0.25) is 4.98 Å². The molecule has 2 aromatic rings. The fourth-order valence-electron chi connectivity index (χ4n) is 4.12. The van der Waals surface area contributed by atoms with Crippen molar-refractivity contribution in [3.63, 3.8) is 0 Å². The molecule has 0 bridgehead atoms. The van der Waals surface area contributed by atoms with E-state index >= 15 is 4.39 Å². The second-order valence-electron chi connectivity index (χ2n) is 7.79. The monoisotopic (exact) mass is 419 g/mol. The summed E-state index contributed by atoms with van der Waals surface area (Å²) < 4.78 is 21.5. The van der Waals surface area contributed by atoms with E-state index < -0.39 is 5.82 Å². The van der Waals surface area contributed by atoms with Gasteiger partial charge in [0.1, 0.15) is 18.4 Å². The molecule has 6 nitrogen and oxygen atoms in total. The molecule has 4 rings (SSSR count). The summed E-state index contributed by atoms with van der Waals surface area (Å²) in [4.78, 5) is 6.11. The topological polar surface area (TPSA) is 87.2 Å². The zero-order chi connectivity index (χ0) is 22.0. The average molecular weight is 420 g/mol. The lowest BCUT2D eigenvalue weighted by Gasteiger charge is -2.40. The van der Waals surface area contributed by atoms with Gasteiger partial charge in [0.2, 0.25) is 0 Å². The SMILES string of the molecule is CC/C=C1/C(C#N)=CN2c3c(c(NCCCc4cccnc4)c(F)c(N)c31)OCC2C. The highest BCUT2D eigenvalue weighted by atomic mass is 19.1. The number of halogens is 1. The number of anilines is 3. The van der Waals surface area contributed by atoms with Crippen LogP contribution in [0.5, 0.6) is 5.75 Å². The standard InChI is InChI=1S/C24H26FN5O/c1-3-6-18-17(11-26)13-30-15(2)14-31-24-22(20(25)21(27)19(18)23(24)30)29-10-5-8-16-7-4-9-28-12-16/h4,6-7,9,12-13,15,29H,3,5,8,10,14,27H2,1-2H3/b18-6-. The minimum atomic E-state index is -0.536. The van der Waals surface area contributed by atoms with Crippen LogP contribution in [-0.2, 0) is 6.42 Å². The molecule has 7 heteroatoms. The summed E-state index contributed by atoms with van der Waals surface area (Å²) in [7, 11) is 0. The third-order valence-electron chi connectivity index (χ3n) is 5.63. The normalized spacial score (nSPS) is 18.1. The maximum absolute atomic E-state index is 15.5. The fourth-order valence-corrected chi connectivity index (χ4v) is 4.12. The molecule has 2 aliphatic heterocycles. The van der Waals surface area contributed by atoms with Crippen LogP contribution in [0.3, 0.4) is 0 Å². The zero-order valence-electron chi connectivity index (χ0n) is 17.8.